The molecule has 4 nitrogen and oxygen atoms in total. The average Bonchev–Trinajstić information content (AvgIpc) is 3.13. The third-order valence-electron chi connectivity index (χ3n) is 3.68. The monoisotopic (exact) mass is 575 g/mol. The Bertz CT molecular complexity index is 904. The quantitative estimate of drug-likeness (QED) is 0.224. The van der Waals surface area contributed by atoms with E-state index in [1.54, 1.807) is 17.5 Å². The Labute approximate surface area is 183 Å². The number of nitrogens with zero attached hydrogens (tertiary/aromatic N) is 1. The van der Waals surface area contributed by atoms with E-state index in [1.807, 2.05) is 69.5 Å². The van der Waals surface area contributed by atoms with Crippen molar-refractivity contribution in [3.05, 3.63) is 65.9 Å². The molecule has 0 unspecified atom stereocenters. The fourth-order valence-corrected chi connectivity index (χ4v) is 2.75. The van der Waals surface area contributed by atoms with Crippen molar-refractivity contribution < 1.29 is 34.7 Å². The van der Waals surface area contributed by atoms with Gasteiger partial charge < -0.3 is 9.84 Å². The molecule has 2 aromatic heterocycles. The summed E-state index contributed by atoms with van der Waals surface area (Å²) in [5.41, 5.74) is 0. The average molecular weight is 575 g/mol. The molecule has 0 aliphatic carbocycles. The van der Waals surface area contributed by atoms with E-state index < -0.39 is 0 Å². The van der Waals surface area contributed by atoms with Crippen LogP contribution < -0.4 is 4.74 Å². The normalized spacial score (nSPS) is 11.0. The zero-order valence-corrected chi connectivity index (χ0v) is 19.5. The number of rotatable bonds is 5. The number of aliphatic hydroxyl groups excluding tert-OH is 1. The summed E-state index contributed by atoms with van der Waals surface area (Å²) in [6.45, 7) is 7.32. The molecule has 0 aliphatic rings. The fourth-order valence-electron chi connectivity index (χ4n) is 1.97. The molecule has 0 saturated heterocycles. The van der Waals surface area contributed by atoms with Crippen molar-refractivity contribution in [1.82, 2.24) is 4.98 Å². The zero-order valence-electron chi connectivity index (χ0n) is 16.3. The zero-order chi connectivity index (χ0) is 19.8. The maximum atomic E-state index is 11.0. The first-order valence-electron chi connectivity index (χ1n) is 8.79. The molecule has 3 rings (SSSR count). The number of benzene rings is 1. The molecule has 0 aliphatic heterocycles. The second-order valence-electron chi connectivity index (χ2n) is 6.56. The van der Waals surface area contributed by atoms with Gasteiger partial charge in [-0.25, -0.2) is 4.98 Å². The number of aliphatic hydroxyl groups is 1. The molecule has 1 N–H and O–H groups in total. The van der Waals surface area contributed by atoms with Gasteiger partial charge in [0, 0.05) is 54.7 Å². The summed E-state index contributed by atoms with van der Waals surface area (Å²) in [6, 6.07) is 14.5. The fraction of sp³-hybridized carbons (Fsp3) is 0.273. The van der Waals surface area contributed by atoms with Crippen molar-refractivity contribution in [3.8, 4) is 11.6 Å². The van der Waals surface area contributed by atoms with E-state index in [9.17, 15) is 9.90 Å². The van der Waals surface area contributed by atoms with Gasteiger partial charge in [-0.05, 0) is 17.5 Å². The summed E-state index contributed by atoms with van der Waals surface area (Å²) in [6.07, 6.45) is 3.08. The number of aromatic nitrogens is 1. The largest absolute Gasteiger partial charge is 0.512 e. The van der Waals surface area contributed by atoms with Crippen molar-refractivity contribution in [2.24, 2.45) is 11.8 Å². The van der Waals surface area contributed by atoms with Crippen LogP contribution in [0.15, 0.2) is 59.8 Å². The summed E-state index contributed by atoms with van der Waals surface area (Å²) in [5.74, 6) is 1.49. The molecule has 0 atom stereocenters. The van der Waals surface area contributed by atoms with Crippen molar-refractivity contribution >= 4 is 27.2 Å². The number of thiophene rings is 1. The second kappa shape index (κ2) is 11.7. The number of carbonyl (C=O) groups excluding carboxylic acids is 1. The minimum atomic E-state index is -0.0316. The van der Waals surface area contributed by atoms with E-state index >= 15 is 0 Å². The topological polar surface area (TPSA) is 59.4 Å². The molecule has 6 heteroatoms. The van der Waals surface area contributed by atoms with Gasteiger partial charge in [0.2, 0.25) is 5.88 Å². The van der Waals surface area contributed by atoms with Crippen molar-refractivity contribution in [2.45, 2.75) is 27.7 Å². The summed E-state index contributed by atoms with van der Waals surface area (Å²) in [4.78, 5) is 15.3. The van der Waals surface area contributed by atoms with Gasteiger partial charge >= 0.3 is 0 Å². The van der Waals surface area contributed by atoms with E-state index in [1.165, 1.54) is 10.8 Å². The number of hydrogen-bond donors (Lipinski definition) is 1. The Hall–Kier alpha value is -2.01. The van der Waals surface area contributed by atoms with E-state index in [-0.39, 0.29) is 43.5 Å². The van der Waals surface area contributed by atoms with Crippen LogP contribution in [0.1, 0.15) is 27.7 Å². The molecule has 151 valence electrons. The SMILES string of the molecule is CC(C)C(=O)/C=C(\O)C(C)C.[Ir].[c-]1ccccc1Oc1nccc2sccc12. The molecular formula is C22H24IrNO3S-. The molecule has 3 aromatic rings. The minimum absolute atomic E-state index is 0. The Balaban J connectivity index is 0.000000292. The van der Waals surface area contributed by atoms with Gasteiger partial charge in [-0.3, -0.25) is 4.79 Å². The first kappa shape index (κ1) is 24.0. The van der Waals surface area contributed by atoms with Crippen molar-refractivity contribution in [3.63, 3.8) is 0 Å². The number of allylic oxidation sites excluding steroid dienone is 2. The van der Waals surface area contributed by atoms with Crippen molar-refractivity contribution in [2.75, 3.05) is 0 Å². The first-order chi connectivity index (χ1) is 12.9. The predicted molar refractivity (Wildman–Crippen MR) is 110 cm³/mol. The van der Waals surface area contributed by atoms with Crippen LogP contribution in [0.25, 0.3) is 10.1 Å². The summed E-state index contributed by atoms with van der Waals surface area (Å²) in [5, 5.41) is 12.3. The molecule has 0 amide bonds. The van der Waals surface area contributed by atoms with Crippen LogP contribution in [0.3, 0.4) is 0 Å². The molecule has 28 heavy (non-hydrogen) atoms. The number of hydrogen-bond acceptors (Lipinski definition) is 5. The van der Waals surface area contributed by atoms with Gasteiger partial charge in [0.1, 0.15) is 0 Å². The molecule has 1 radical (unpaired) electrons. The summed E-state index contributed by atoms with van der Waals surface area (Å²) >= 11 is 1.68. The van der Waals surface area contributed by atoms with E-state index in [4.69, 9.17) is 4.74 Å². The Morgan fingerprint density at radius 1 is 1.18 bits per heavy atom. The Kier molecular flexibility index (Phi) is 10.1. The van der Waals surface area contributed by atoms with Crippen LogP contribution in [0.5, 0.6) is 11.6 Å². The van der Waals surface area contributed by atoms with Crippen LogP contribution >= 0.6 is 11.3 Å². The standard InChI is InChI=1S/C13H8NOS.C9H16O2.Ir/c1-2-4-10(5-3-1)15-13-11-7-9-16-12(11)6-8-14-13;1-6(2)8(10)5-9(11)7(3)4;/h1-4,6-9H;5-7,10H,1-4H3;/q-1;;/b;8-5-;. The molecule has 0 spiro atoms. The van der Waals surface area contributed by atoms with Gasteiger partial charge in [0.25, 0.3) is 0 Å². The maximum Gasteiger partial charge on any atom is 0.225 e. The number of para-hydroxylation sites is 1. The van der Waals surface area contributed by atoms with Crippen LogP contribution in [0.4, 0.5) is 0 Å². The van der Waals surface area contributed by atoms with Crippen LogP contribution in [0.2, 0.25) is 0 Å². The third-order valence-corrected chi connectivity index (χ3v) is 4.56. The van der Waals surface area contributed by atoms with E-state index in [2.05, 4.69) is 11.1 Å². The second-order valence-corrected chi connectivity index (χ2v) is 7.51. The number of pyridine rings is 1. The smallest absolute Gasteiger partial charge is 0.225 e. The van der Waals surface area contributed by atoms with Crippen LogP contribution in [-0.4, -0.2) is 15.9 Å². The van der Waals surface area contributed by atoms with Gasteiger partial charge in [-0.15, -0.1) is 23.5 Å². The number of carbonyl (C=O) groups is 1. The van der Waals surface area contributed by atoms with Gasteiger partial charge in [0.05, 0.1) is 11.1 Å². The van der Waals surface area contributed by atoms with Crippen LogP contribution in [-0.2, 0) is 24.9 Å². The molecule has 0 bridgehead atoms. The maximum absolute atomic E-state index is 11.0. The van der Waals surface area contributed by atoms with Crippen LogP contribution in [0, 0.1) is 17.9 Å². The number of ketones is 1. The third kappa shape index (κ3) is 7.19. The molecule has 0 fully saturated rings. The molecule has 0 saturated carbocycles. The van der Waals surface area contributed by atoms with E-state index in [0.717, 1.165) is 5.39 Å². The Morgan fingerprint density at radius 3 is 2.54 bits per heavy atom. The molecule has 1 aromatic carbocycles. The molecule has 2 heterocycles. The van der Waals surface area contributed by atoms with Crippen molar-refractivity contribution in [1.29, 1.82) is 0 Å². The Morgan fingerprint density at radius 2 is 1.93 bits per heavy atom. The van der Waals surface area contributed by atoms with E-state index in [0.29, 0.717) is 11.6 Å². The minimum Gasteiger partial charge on any atom is -0.512 e. The van der Waals surface area contributed by atoms with Gasteiger partial charge in [0.15, 0.2) is 5.78 Å². The number of ether oxygens (including phenoxy) is 1. The first-order valence-corrected chi connectivity index (χ1v) is 9.67. The van der Waals surface area contributed by atoms with Gasteiger partial charge in [-0.2, -0.15) is 18.2 Å². The van der Waals surface area contributed by atoms with Gasteiger partial charge in [-0.1, -0.05) is 27.7 Å². The summed E-state index contributed by atoms with van der Waals surface area (Å²) < 4.78 is 6.87. The molecular weight excluding hydrogens is 551 g/mol. The summed E-state index contributed by atoms with van der Waals surface area (Å²) in [7, 11) is 0. The number of fused-ring (bicyclic) bond motifs is 1. The predicted octanol–water partition coefficient (Wildman–Crippen LogP) is 6.20.